The molecule has 10 heteroatoms. The summed E-state index contributed by atoms with van der Waals surface area (Å²) in [6.07, 6.45) is 8.10. The van der Waals surface area contributed by atoms with Crippen molar-refractivity contribution >= 4 is 35.0 Å². The maximum atomic E-state index is 4.82. The van der Waals surface area contributed by atoms with Gasteiger partial charge in [-0.3, -0.25) is 0 Å². The van der Waals surface area contributed by atoms with Crippen LogP contribution in [0.15, 0.2) is 68.5 Å². The maximum Gasteiger partial charge on any atom is 0.402 e. The second kappa shape index (κ2) is 4.92. The largest absolute Gasteiger partial charge is 0.402 e. The molecule has 0 N–H and O–H groups in total. The monoisotopic (exact) mass is 502 g/mol. The van der Waals surface area contributed by atoms with Gasteiger partial charge >= 0.3 is 5.91 Å². The van der Waals surface area contributed by atoms with E-state index in [1.807, 2.05) is 48.6 Å². The van der Waals surface area contributed by atoms with E-state index < -0.39 is 5.91 Å². The summed E-state index contributed by atoms with van der Waals surface area (Å²) in [5, 5.41) is 0. The number of rotatable bonds is 0. The van der Waals surface area contributed by atoms with Crippen molar-refractivity contribution in [1.82, 2.24) is 9.13 Å². The van der Waals surface area contributed by atoms with Crippen LogP contribution in [0.1, 0.15) is 0 Å². The molecular weight excluding hydrogens is 494 g/mol. The first-order chi connectivity index (χ1) is 12.4. The van der Waals surface area contributed by atoms with Crippen LogP contribution in [0.25, 0.3) is 0 Å². The third-order valence-corrected chi connectivity index (χ3v) is 5.48. The van der Waals surface area contributed by atoms with E-state index in [1.165, 1.54) is 0 Å². The van der Waals surface area contributed by atoms with E-state index in [0.29, 0.717) is 0 Å². The van der Waals surface area contributed by atoms with Crippen LogP contribution in [0.3, 0.4) is 0 Å². The van der Waals surface area contributed by atoms with Gasteiger partial charge in [-0.2, -0.15) is 0 Å². The summed E-state index contributed by atoms with van der Waals surface area (Å²) in [5.41, 5.74) is 1.77. The zero-order valence-electron chi connectivity index (χ0n) is 13.9. The summed E-state index contributed by atoms with van der Waals surface area (Å²) < 4.78 is 8.71. The maximum absolute atomic E-state index is 4.82. The molecule has 1 unspecified atom stereocenters. The van der Waals surface area contributed by atoms with Gasteiger partial charge in [0.1, 0.15) is 11.3 Å². The third kappa shape index (κ3) is 1.52. The fourth-order valence-corrected chi connectivity index (χ4v) is 4.66. The molecule has 0 saturated heterocycles. The van der Waals surface area contributed by atoms with Gasteiger partial charge in [0.2, 0.25) is 11.3 Å². The summed E-state index contributed by atoms with van der Waals surface area (Å²) in [7, 11) is 0. The number of aliphatic imine (C=N–C) groups is 2. The van der Waals surface area contributed by atoms with Crippen LogP contribution in [-0.4, -0.2) is 41.6 Å². The number of hydrogen-bond acceptors (Lipinski definition) is 4. The zero-order valence-corrected chi connectivity index (χ0v) is 19.5. The van der Waals surface area contributed by atoms with Gasteiger partial charge in [0, 0.05) is 102 Å². The summed E-state index contributed by atoms with van der Waals surface area (Å²) in [6, 6.07) is 8.10. The van der Waals surface area contributed by atoms with Crippen LogP contribution >= 0.6 is 0 Å². The molecule has 2 radical (unpaired) electrons. The van der Waals surface area contributed by atoms with Crippen molar-refractivity contribution in [2.75, 3.05) is 0 Å². The molecule has 1 atom stereocenters. The van der Waals surface area contributed by atoms with Crippen molar-refractivity contribution in [2.45, 2.75) is 5.91 Å². The first-order valence-electron chi connectivity index (χ1n) is 8.11. The molecule has 0 saturated carbocycles. The molecule has 0 aromatic carbocycles. The van der Waals surface area contributed by atoms with Crippen molar-refractivity contribution in [1.29, 1.82) is 0 Å². The Balaban J connectivity index is 0.000000731. The Morgan fingerprint density at radius 1 is 0.630 bits per heavy atom. The summed E-state index contributed by atoms with van der Waals surface area (Å²) >= 11 is 0. The average Bonchev–Trinajstić information content (AvgIpc) is 3.38. The molecule has 8 nitrogen and oxygen atoms in total. The molecule has 0 fully saturated rings. The van der Waals surface area contributed by atoms with Crippen LogP contribution < -0.4 is 11.0 Å². The Morgan fingerprint density at radius 2 is 1.22 bits per heavy atom. The molecule has 0 amide bonds. The topological polar surface area (TPSA) is 65.3 Å². The molecule has 0 aliphatic carbocycles. The molecule has 120 valence electrons. The Bertz CT molecular complexity index is 1440. The quantitative estimate of drug-likeness (QED) is 0.446. The van der Waals surface area contributed by atoms with Gasteiger partial charge in [0.05, 0.1) is 0 Å². The van der Waals surface area contributed by atoms with Crippen molar-refractivity contribution < 1.29 is 74.6 Å². The van der Waals surface area contributed by atoms with Gasteiger partial charge in [-0.1, -0.05) is 15.0 Å². The molecule has 27 heavy (non-hydrogen) atoms. The Morgan fingerprint density at radius 3 is 1.96 bits per heavy atom. The van der Waals surface area contributed by atoms with Gasteiger partial charge in [-0.25, -0.2) is 14.1 Å². The van der Waals surface area contributed by atoms with E-state index in [1.54, 1.807) is 0 Å². The van der Waals surface area contributed by atoms with E-state index in [-0.39, 0.29) is 65.4 Å². The van der Waals surface area contributed by atoms with E-state index >= 15 is 0 Å². The van der Waals surface area contributed by atoms with E-state index in [2.05, 4.69) is 18.3 Å². The number of aromatic nitrogens is 2. The van der Waals surface area contributed by atoms with Crippen LogP contribution in [0, 0.1) is 0 Å². The fraction of sp³-hybridized carbons (Fsp3) is 0.0588. The Hall–Kier alpha value is -1.47. The standard InChI is InChI=1S/C17H8N8.2Y/c1-2-10-19-12-5-6-14-21-16-8-7-15-20-13-4-3-11-18-9(1)22(10)17(23(11)13,24(12)14)25(15)16;;/h1-8H;;/q+2;;. The molecule has 6 aliphatic heterocycles. The third-order valence-electron chi connectivity index (χ3n) is 5.48. The smallest absolute Gasteiger partial charge is 0.212 e. The van der Waals surface area contributed by atoms with Gasteiger partial charge in [0.15, 0.2) is 0 Å². The zero-order chi connectivity index (χ0) is 15.9. The molecule has 8 rings (SSSR count). The summed E-state index contributed by atoms with van der Waals surface area (Å²) in [6.45, 7) is 0. The van der Waals surface area contributed by atoms with Gasteiger partial charge in [-0.05, 0) is 12.1 Å². The predicted molar refractivity (Wildman–Crippen MR) is 87.6 cm³/mol. The second-order valence-electron chi connectivity index (χ2n) is 6.59. The number of nitrogens with zero attached hydrogens (tertiary/aromatic N) is 8. The molecule has 6 aliphatic rings. The van der Waals surface area contributed by atoms with Crippen LogP contribution in [0.5, 0.6) is 0 Å². The SMILES string of the molecule is C1=CC2=[N+]3C1=NC1=[N+]4C(=Nc5ccc6n5C43n3c(ccc3=N6)=N2)C=C1.[Y].[Y]. The van der Waals surface area contributed by atoms with Crippen LogP contribution in [0.2, 0.25) is 0 Å². The molecule has 8 heterocycles. The Labute approximate surface area is 202 Å². The molecule has 2 aromatic rings. The van der Waals surface area contributed by atoms with Gasteiger partial charge < -0.3 is 0 Å². The predicted octanol–water partition coefficient (Wildman–Crippen LogP) is -0.284. The van der Waals surface area contributed by atoms with Gasteiger partial charge in [-0.15, -0.1) is 9.15 Å². The first kappa shape index (κ1) is 16.5. The molecular formula is C17H8N8Y2+2. The summed E-state index contributed by atoms with van der Waals surface area (Å²) in [4.78, 5) is 19.3. The average molecular weight is 502 g/mol. The number of hydrogen-bond donors (Lipinski definition) is 0. The molecule has 0 bridgehead atoms. The van der Waals surface area contributed by atoms with Crippen LogP contribution in [0.4, 0.5) is 11.6 Å². The van der Waals surface area contributed by atoms with Crippen molar-refractivity contribution in [3.8, 4) is 0 Å². The Kier molecular flexibility index (Phi) is 3.00. The second-order valence-corrected chi connectivity index (χ2v) is 6.59. The van der Waals surface area contributed by atoms with E-state index in [9.17, 15) is 0 Å². The number of amidine groups is 4. The molecule has 2 aromatic heterocycles. The van der Waals surface area contributed by atoms with Crippen molar-refractivity contribution in [3.05, 3.63) is 59.5 Å². The minimum absolute atomic E-state index is 0. The van der Waals surface area contributed by atoms with Gasteiger partial charge in [0.25, 0.3) is 23.3 Å². The van der Waals surface area contributed by atoms with Crippen LogP contribution in [-0.2, 0) is 71.3 Å². The van der Waals surface area contributed by atoms with Crippen molar-refractivity contribution in [3.63, 3.8) is 0 Å². The minimum atomic E-state index is -0.683. The van der Waals surface area contributed by atoms with Crippen molar-refractivity contribution in [2.24, 2.45) is 20.0 Å². The normalized spacial score (nSPS) is 25.0. The minimum Gasteiger partial charge on any atom is -0.212 e. The fourth-order valence-electron chi connectivity index (χ4n) is 4.66. The summed E-state index contributed by atoms with van der Waals surface area (Å²) in [5.74, 6) is 4.63. The van der Waals surface area contributed by atoms with E-state index in [4.69, 9.17) is 20.0 Å². The first-order valence-corrected chi connectivity index (χ1v) is 8.11. The molecule has 1 spiro atoms. The van der Waals surface area contributed by atoms with E-state index in [0.717, 1.165) is 46.0 Å².